The lowest BCUT2D eigenvalue weighted by atomic mass is 9.82. The number of nitrogens with two attached hydrogens (primary N) is 2. The maximum atomic E-state index is 13.9. The average Bonchev–Trinajstić information content (AvgIpc) is 3.19. The summed E-state index contributed by atoms with van der Waals surface area (Å²) in [5.74, 6) is -8.58. The van der Waals surface area contributed by atoms with E-state index in [0.717, 1.165) is 5.56 Å². The topological polar surface area (TPSA) is 324 Å². The van der Waals surface area contributed by atoms with Crippen molar-refractivity contribution in [2.75, 3.05) is 13.1 Å². The van der Waals surface area contributed by atoms with Crippen molar-refractivity contribution in [2.45, 2.75) is 97.3 Å². The number of rotatable bonds is 32. The van der Waals surface area contributed by atoms with Crippen molar-refractivity contribution < 1.29 is 48.4 Å². The molecule has 0 radical (unpaired) electrons. The number of nitrogens with zero attached hydrogens (tertiary/aromatic N) is 4. The minimum absolute atomic E-state index is 0.0173. The van der Waals surface area contributed by atoms with Gasteiger partial charge in [-0.2, -0.15) is 0 Å². The number of benzene rings is 2. The van der Waals surface area contributed by atoms with E-state index in [2.05, 4.69) is 9.98 Å². The van der Waals surface area contributed by atoms with Gasteiger partial charge in [0, 0.05) is 56.0 Å². The number of hydrogen-bond acceptors (Lipinski definition) is 14. The molecule has 0 fully saturated rings. The molecule has 6 N–H and O–H groups in total. The first kappa shape index (κ1) is 52.3. The lowest BCUT2D eigenvalue weighted by Gasteiger charge is -2.19. The van der Waals surface area contributed by atoms with Crippen molar-refractivity contribution in [3.8, 4) is 0 Å². The third-order valence-electron chi connectivity index (χ3n) is 10.0. The molecule has 2 aromatic rings. The van der Waals surface area contributed by atoms with Crippen LogP contribution in [0.3, 0.4) is 0 Å². The van der Waals surface area contributed by atoms with Crippen LogP contribution in [0.2, 0.25) is 0 Å². The molecule has 0 saturated heterocycles. The Balaban J connectivity index is 2.20. The molecular formula is C43H56N8O12. The smallest absolute Gasteiger partial charge is 0.251 e. The zero-order valence-corrected chi connectivity index (χ0v) is 35.5. The molecule has 0 bridgehead atoms. The SMILES string of the molecule is CC(=O)CC(=O)CC(Cc1ccccc1)C(=O)CC(=O)C(CC(=O)CC(=O)CC(CCCN=C(N)N[N+](=O)[O-])C(=O)CC(=O)C(C)CCCN=C(N)N[N+](=O)[O-])Cc1ccccc1. The summed E-state index contributed by atoms with van der Waals surface area (Å²) in [6, 6.07) is 17.7. The number of nitro groups is 2. The number of guanidine groups is 2. The Morgan fingerprint density at radius 2 is 0.952 bits per heavy atom. The van der Waals surface area contributed by atoms with Gasteiger partial charge in [0.25, 0.3) is 11.9 Å². The van der Waals surface area contributed by atoms with E-state index in [1.807, 2.05) is 0 Å². The molecule has 2 aromatic carbocycles. The number of nitrogens with one attached hydrogen (secondary N) is 2. The number of hydrazine groups is 2. The third-order valence-corrected chi connectivity index (χ3v) is 10.0. The molecule has 4 unspecified atom stereocenters. The van der Waals surface area contributed by atoms with Gasteiger partial charge in [0.2, 0.25) is 0 Å². The number of hydrogen-bond donors (Lipinski definition) is 4. The number of aliphatic imine (C=N–C) groups is 2. The number of Topliss-reactive ketones (excluding diaryl/α,β-unsaturated/α-hetero) is 8. The predicted molar refractivity (Wildman–Crippen MR) is 230 cm³/mol. The Kier molecular flexibility index (Phi) is 23.1. The highest BCUT2D eigenvalue weighted by Crippen LogP contribution is 2.24. The van der Waals surface area contributed by atoms with Gasteiger partial charge in [-0.15, -0.1) is 0 Å². The maximum Gasteiger partial charge on any atom is 0.251 e. The molecule has 340 valence electrons. The van der Waals surface area contributed by atoms with Crippen molar-refractivity contribution >= 4 is 58.2 Å². The van der Waals surface area contributed by atoms with Gasteiger partial charge in [-0.1, -0.05) is 78.4 Å². The van der Waals surface area contributed by atoms with E-state index in [-0.39, 0.29) is 63.8 Å². The molecular weight excluding hydrogens is 821 g/mol. The van der Waals surface area contributed by atoms with Crippen LogP contribution in [0.15, 0.2) is 70.6 Å². The summed E-state index contributed by atoms with van der Waals surface area (Å²) in [6.45, 7) is 2.87. The fourth-order valence-electron chi connectivity index (χ4n) is 6.82. The lowest BCUT2D eigenvalue weighted by molar-refractivity contribution is -0.525. The summed E-state index contributed by atoms with van der Waals surface area (Å²) < 4.78 is 0. The van der Waals surface area contributed by atoms with E-state index in [1.165, 1.54) is 6.92 Å². The van der Waals surface area contributed by atoms with Gasteiger partial charge in [-0.05, 0) is 56.6 Å². The maximum absolute atomic E-state index is 13.9. The average molecular weight is 877 g/mol. The van der Waals surface area contributed by atoms with E-state index in [0.29, 0.717) is 12.0 Å². The second kappa shape index (κ2) is 27.9. The Labute approximate surface area is 364 Å². The van der Waals surface area contributed by atoms with Gasteiger partial charge in [0.1, 0.15) is 46.3 Å². The van der Waals surface area contributed by atoms with Crippen LogP contribution >= 0.6 is 0 Å². The monoisotopic (exact) mass is 876 g/mol. The molecule has 2 rings (SSSR count). The van der Waals surface area contributed by atoms with E-state index in [4.69, 9.17) is 11.5 Å². The molecule has 20 heteroatoms. The minimum Gasteiger partial charge on any atom is -0.365 e. The summed E-state index contributed by atoms with van der Waals surface area (Å²) >= 11 is 0. The van der Waals surface area contributed by atoms with Crippen LogP contribution in [0.5, 0.6) is 0 Å². The van der Waals surface area contributed by atoms with E-state index in [9.17, 15) is 58.6 Å². The van der Waals surface area contributed by atoms with Crippen LogP contribution < -0.4 is 22.3 Å². The highest BCUT2D eigenvalue weighted by Gasteiger charge is 2.31. The summed E-state index contributed by atoms with van der Waals surface area (Å²) in [4.78, 5) is 134. The Morgan fingerprint density at radius 3 is 1.38 bits per heavy atom. The highest BCUT2D eigenvalue weighted by molar-refractivity contribution is 6.07. The first-order valence-electron chi connectivity index (χ1n) is 20.5. The minimum atomic E-state index is -1.04. The quantitative estimate of drug-likeness (QED) is 0.0205. The normalized spacial score (nSPS) is 13.4. The van der Waals surface area contributed by atoms with E-state index >= 15 is 0 Å². The molecule has 0 aliphatic rings. The van der Waals surface area contributed by atoms with Crippen molar-refractivity contribution in [3.05, 3.63) is 92.0 Å². The van der Waals surface area contributed by atoms with Gasteiger partial charge < -0.3 is 11.5 Å². The summed E-state index contributed by atoms with van der Waals surface area (Å²) in [6.07, 6.45) is -2.22. The molecule has 0 spiro atoms. The standard InChI is InChI=1S/C43H56N8O12/c1-28(11-9-17-46-42(44)48-50(60)61)38(56)26-39(57)32(16-10-18-47-43(45)49-51(62)63)22-36(54)25-37(55)24-34(21-31-14-7-4-8-15-31)41(59)27-40(58)33(23-35(53)19-29(2)52)20-30-12-5-3-6-13-30/h3-8,12-15,28,32-34H,9-11,16-27H2,1-2H3,(H3,44,46,48)(H3,45,47,49). The van der Waals surface area contributed by atoms with Crippen LogP contribution in [0.1, 0.15) is 95.6 Å². The Morgan fingerprint density at radius 1 is 0.571 bits per heavy atom. The first-order valence-corrected chi connectivity index (χ1v) is 20.5. The van der Waals surface area contributed by atoms with Gasteiger partial charge in [0.05, 0.1) is 25.7 Å². The molecule has 0 aliphatic carbocycles. The van der Waals surface area contributed by atoms with Crippen molar-refractivity contribution in [3.63, 3.8) is 0 Å². The Hall–Kier alpha value is -6.86. The first-order chi connectivity index (χ1) is 29.8. The zero-order valence-electron chi connectivity index (χ0n) is 35.5. The van der Waals surface area contributed by atoms with Crippen molar-refractivity contribution in [1.29, 1.82) is 0 Å². The Bertz CT molecular complexity index is 2010. The van der Waals surface area contributed by atoms with Crippen LogP contribution in [0.25, 0.3) is 0 Å². The van der Waals surface area contributed by atoms with Crippen molar-refractivity contribution in [2.24, 2.45) is 45.1 Å². The molecule has 63 heavy (non-hydrogen) atoms. The largest absolute Gasteiger partial charge is 0.365 e. The van der Waals surface area contributed by atoms with Gasteiger partial charge in [-0.25, -0.2) is 30.2 Å². The summed E-state index contributed by atoms with van der Waals surface area (Å²) in [5, 5.41) is 19.4. The number of ketones is 8. The van der Waals surface area contributed by atoms with E-state index < -0.39 is 118 Å². The molecule has 0 aliphatic heterocycles. The third kappa shape index (κ3) is 22.5. The van der Waals surface area contributed by atoms with Crippen LogP contribution in [-0.2, 0) is 51.2 Å². The zero-order chi connectivity index (χ0) is 46.9. The lowest BCUT2D eigenvalue weighted by Crippen LogP contribution is -2.36. The van der Waals surface area contributed by atoms with Crippen LogP contribution in [-0.4, -0.2) is 81.3 Å². The van der Waals surface area contributed by atoms with Gasteiger partial charge in [-0.3, -0.25) is 38.4 Å². The number of carbonyl (C=O) groups excluding carboxylic acids is 8. The summed E-state index contributed by atoms with van der Waals surface area (Å²) in [7, 11) is 0. The molecule has 0 saturated carbocycles. The van der Waals surface area contributed by atoms with Gasteiger partial charge >= 0.3 is 0 Å². The molecule has 0 amide bonds. The molecule has 0 aromatic heterocycles. The fraction of sp³-hybridized carbons (Fsp3) is 0.488. The van der Waals surface area contributed by atoms with Gasteiger partial charge in [0.15, 0.2) is 10.1 Å². The second-order valence-corrected chi connectivity index (χ2v) is 15.4. The van der Waals surface area contributed by atoms with Crippen molar-refractivity contribution in [1.82, 2.24) is 10.9 Å². The predicted octanol–water partition coefficient (Wildman–Crippen LogP) is 3.01. The fourth-order valence-corrected chi connectivity index (χ4v) is 6.82. The highest BCUT2D eigenvalue weighted by atomic mass is 16.7. The summed E-state index contributed by atoms with van der Waals surface area (Å²) in [5.41, 5.74) is 15.7. The van der Waals surface area contributed by atoms with Crippen LogP contribution in [0, 0.1) is 43.9 Å². The molecule has 0 heterocycles. The molecule has 4 atom stereocenters. The van der Waals surface area contributed by atoms with E-state index in [1.54, 1.807) is 78.4 Å². The second-order valence-electron chi connectivity index (χ2n) is 15.4. The molecule has 20 nitrogen and oxygen atoms in total. The van der Waals surface area contributed by atoms with Crippen LogP contribution in [0.4, 0.5) is 0 Å². The number of carbonyl (C=O) groups is 8.